The lowest BCUT2D eigenvalue weighted by molar-refractivity contribution is 0.0944. The van der Waals surface area contributed by atoms with E-state index in [1.54, 1.807) is 17.4 Å². The molecule has 4 nitrogen and oxygen atoms in total. The lowest BCUT2D eigenvalue weighted by Crippen LogP contribution is -2.36. The predicted molar refractivity (Wildman–Crippen MR) is 95.1 cm³/mol. The fraction of sp³-hybridized carbons (Fsp3) is 0.111. The lowest BCUT2D eigenvalue weighted by Gasteiger charge is -2.12. The van der Waals surface area contributed by atoms with Gasteiger partial charge in [0.05, 0.1) is 21.7 Å². The molecule has 5 heteroatoms. The number of hydrazine groups is 1. The molecule has 3 rings (SSSR count). The molecule has 0 radical (unpaired) electrons. The number of pyridine rings is 1. The molecule has 116 valence electrons. The number of thiophene rings is 1. The van der Waals surface area contributed by atoms with E-state index in [9.17, 15) is 4.79 Å². The van der Waals surface area contributed by atoms with Crippen molar-refractivity contribution in [3.8, 4) is 0 Å². The molecule has 3 aromatic rings. The van der Waals surface area contributed by atoms with Crippen molar-refractivity contribution < 1.29 is 4.79 Å². The topological polar surface area (TPSA) is 54.0 Å². The van der Waals surface area contributed by atoms with Crippen LogP contribution in [0.25, 0.3) is 16.6 Å². The molecular weight excluding hydrogens is 306 g/mol. The minimum Gasteiger partial charge on any atom is -0.297 e. The summed E-state index contributed by atoms with van der Waals surface area (Å²) in [4.78, 5) is 18.1. The van der Waals surface area contributed by atoms with Crippen molar-refractivity contribution in [1.82, 2.24) is 15.8 Å². The molecule has 0 spiro atoms. The molecular formula is C18H17N3OS. The molecule has 0 bridgehead atoms. The van der Waals surface area contributed by atoms with Crippen LogP contribution in [0.4, 0.5) is 0 Å². The van der Waals surface area contributed by atoms with E-state index in [1.807, 2.05) is 61.7 Å². The van der Waals surface area contributed by atoms with Gasteiger partial charge < -0.3 is 0 Å². The lowest BCUT2D eigenvalue weighted by atomic mass is 10.1. The Bertz CT molecular complexity index is 869. The Morgan fingerprint density at radius 2 is 2.00 bits per heavy atom. The molecule has 1 amide bonds. The second kappa shape index (κ2) is 6.62. The van der Waals surface area contributed by atoms with Crippen LogP contribution in [0.3, 0.4) is 0 Å². The van der Waals surface area contributed by atoms with Crippen molar-refractivity contribution in [3.05, 3.63) is 70.1 Å². The molecule has 2 heterocycles. The van der Waals surface area contributed by atoms with E-state index >= 15 is 0 Å². The zero-order chi connectivity index (χ0) is 16.2. The Labute approximate surface area is 138 Å². The summed E-state index contributed by atoms with van der Waals surface area (Å²) in [6.45, 7) is 3.82. The van der Waals surface area contributed by atoms with Gasteiger partial charge in [0.1, 0.15) is 0 Å². The quantitative estimate of drug-likeness (QED) is 0.716. The van der Waals surface area contributed by atoms with Gasteiger partial charge in [-0.3, -0.25) is 20.6 Å². The van der Waals surface area contributed by atoms with Gasteiger partial charge in [0.25, 0.3) is 5.91 Å². The van der Waals surface area contributed by atoms with Crippen molar-refractivity contribution >= 4 is 33.8 Å². The minimum atomic E-state index is -0.178. The monoisotopic (exact) mass is 323 g/mol. The van der Waals surface area contributed by atoms with E-state index in [2.05, 4.69) is 15.8 Å². The zero-order valence-electron chi connectivity index (χ0n) is 13.0. The van der Waals surface area contributed by atoms with Crippen molar-refractivity contribution in [2.45, 2.75) is 13.8 Å². The van der Waals surface area contributed by atoms with E-state index in [1.165, 1.54) is 0 Å². The number of allylic oxidation sites excluding steroid dienone is 1. The highest BCUT2D eigenvalue weighted by Gasteiger charge is 2.12. The predicted octanol–water partition coefficient (Wildman–Crippen LogP) is 3.90. The van der Waals surface area contributed by atoms with Crippen LogP contribution in [-0.2, 0) is 0 Å². The average Bonchev–Trinajstić information content (AvgIpc) is 3.08. The van der Waals surface area contributed by atoms with E-state index in [4.69, 9.17) is 0 Å². The summed E-state index contributed by atoms with van der Waals surface area (Å²) in [5.41, 5.74) is 8.92. The number of aromatic nitrogens is 1. The number of nitrogens with zero attached hydrogens (tertiary/aromatic N) is 1. The molecule has 2 N–H and O–H groups in total. The third-order valence-electron chi connectivity index (χ3n) is 3.47. The fourth-order valence-electron chi connectivity index (χ4n) is 2.39. The number of carbonyl (C=O) groups is 1. The SMILES string of the molecule is CC=C(NNC(=O)c1cc(C)nc2ccccc12)c1cccs1. The third kappa shape index (κ3) is 3.24. The van der Waals surface area contributed by atoms with Crippen LogP contribution in [-0.4, -0.2) is 10.9 Å². The molecule has 0 aliphatic heterocycles. The highest BCUT2D eigenvalue weighted by molar-refractivity contribution is 7.11. The Kier molecular flexibility index (Phi) is 4.39. The largest absolute Gasteiger partial charge is 0.297 e. The number of hydrogen-bond acceptors (Lipinski definition) is 4. The number of aryl methyl sites for hydroxylation is 1. The summed E-state index contributed by atoms with van der Waals surface area (Å²) in [5.74, 6) is -0.178. The minimum absolute atomic E-state index is 0.178. The van der Waals surface area contributed by atoms with Crippen molar-refractivity contribution in [1.29, 1.82) is 0 Å². The number of amides is 1. The maximum absolute atomic E-state index is 12.6. The van der Waals surface area contributed by atoms with Crippen LogP contribution in [0.5, 0.6) is 0 Å². The number of carbonyl (C=O) groups excluding carboxylic acids is 1. The smallest absolute Gasteiger partial charge is 0.270 e. The molecule has 0 aliphatic carbocycles. The van der Waals surface area contributed by atoms with Crippen LogP contribution in [0.1, 0.15) is 27.9 Å². The van der Waals surface area contributed by atoms with E-state index in [-0.39, 0.29) is 5.91 Å². The van der Waals surface area contributed by atoms with Crippen LogP contribution in [0.15, 0.2) is 53.9 Å². The van der Waals surface area contributed by atoms with Gasteiger partial charge in [-0.15, -0.1) is 11.3 Å². The molecule has 0 saturated carbocycles. The maximum Gasteiger partial charge on any atom is 0.270 e. The molecule has 1 aromatic carbocycles. The number of rotatable bonds is 4. The second-order valence-electron chi connectivity index (χ2n) is 5.09. The van der Waals surface area contributed by atoms with Crippen LogP contribution < -0.4 is 10.9 Å². The Hall–Kier alpha value is -2.66. The first kappa shape index (κ1) is 15.2. The molecule has 0 saturated heterocycles. The van der Waals surface area contributed by atoms with Crippen LogP contribution >= 0.6 is 11.3 Å². The van der Waals surface area contributed by atoms with Gasteiger partial charge in [0, 0.05) is 11.1 Å². The molecule has 0 atom stereocenters. The molecule has 0 aliphatic rings. The second-order valence-corrected chi connectivity index (χ2v) is 6.03. The van der Waals surface area contributed by atoms with Crippen LogP contribution in [0.2, 0.25) is 0 Å². The molecule has 0 unspecified atom stereocenters. The summed E-state index contributed by atoms with van der Waals surface area (Å²) < 4.78 is 0. The number of hydrogen-bond donors (Lipinski definition) is 2. The van der Waals surface area contributed by atoms with Crippen molar-refractivity contribution in [3.63, 3.8) is 0 Å². The summed E-state index contributed by atoms with van der Waals surface area (Å²) >= 11 is 1.62. The first-order valence-electron chi connectivity index (χ1n) is 7.32. The van der Waals surface area contributed by atoms with Gasteiger partial charge in [-0.25, -0.2) is 0 Å². The summed E-state index contributed by atoms with van der Waals surface area (Å²) in [7, 11) is 0. The van der Waals surface area contributed by atoms with Gasteiger partial charge in [0.2, 0.25) is 0 Å². The average molecular weight is 323 g/mol. The normalized spacial score (nSPS) is 11.5. The zero-order valence-corrected chi connectivity index (χ0v) is 13.8. The standard InChI is InChI=1S/C18H17N3OS/c1-3-15(17-9-6-10-23-17)20-21-18(22)14-11-12(2)19-16-8-5-4-7-13(14)16/h3-11,20H,1-2H3,(H,21,22). The van der Waals surface area contributed by atoms with Crippen LogP contribution in [0, 0.1) is 6.92 Å². The van der Waals surface area contributed by atoms with Gasteiger partial charge >= 0.3 is 0 Å². The number of fused-ring (bicyclic) bond motifs is 1. The summed E-state index contributed by atoms with van der Waals surface area (Å²) in [6.07, 6.45) is 1.93. The van der Waals surface area contributed by atoms with Gasteiger partial charge in [0.15, 0.2) is 0 Å². The molecule has 23 heavy (non-hydrogen) atoms. The maximum atomic E-state index is 12.6. The highest BCUT2D eigenvalue weighted by Crippen LogP contribution is 2.19. The first-order valence-corrected chi connectivity index (χ1v) is 8.20. The Morgan fingerprint density at radius 1 is 1.17 bits per heavy atom. The first-order chi connectivity index (χ1) is 11.2. The molecule has 2 aromatic heterocycles. The Balaban J connectivity index is 1.84. The van der Waals surface area contributed by atoms with E-state index < -0.39 is 0 Å². The van der Waals surface area contributed by atoms with Gasteiger partial charge in [-0.1, -0.05) is 30.3 Å². The highest BCUT2D eigenvalue weighted by atomic mass is 32.1. The van der Waals surface area contributed by atoms with E-state index in [0.717, 1.165) is 27.2 Å². The summed E-state index contributed by atoms with van der Waals surface area (Å²) in [6, 6.07) is 13.4. The number of benzene rings is 1. The third-order valence-corrected chi connectivity index (χ3v) is 4.38. The van der Waals surface area contributed by atoms with E-state index in [0.29, 0.717) is 5.56 Å². The van der Waals surface area contributed by atoms with Gasteiger partial charge in [-0.2, -0.15) is 0 Å². The number of para-hydroxylation sites is 1. The fourth-order valence-corrected chi connectivity index (χ4v) is 3.15. The van der Waals surface area contributed by atoms with Gasteiger partial charge in [-0.05, 0) is 37.4 Å². The molecule has 0 fully saturated rings. The van der Waals surface area contributed by atoms with Crippen molar-refractivity contribution in [2.24, 2.45) is 0 Å². The number of nitrogens with one attached hydrogen (secondary N) is 2. The summed E-state index contributed by atoms with van der Waals surface area (Å²) in [5, 5.41) is 2.85. The Morgan fingerprint density at radius 3 is 2.74 bits per heavy atom. The van der Waals surface area contributed by atoms with Crippen molar-refractivity contribution in [2.75, 3.05) is 0 Å².